The molecule has 1 saturated carbocycles. The summed E-state index contributed by atoms with van der Waals surface area (Å²) >= 11 is 0. The second-order valence-corrected chi connectivity index (χ2v) is 5.21. The van der Waals surface area contributed by atoms with Gasteiger partial charge >= 0.3 is 0 Å². The van der Waals surface area contributed by atoms with Gasteiger partial charge in [-0.3, -0.25) is 0 Å². The van der Waals surface area contributed by atoms with Crippen molar-refractivity contribution in [2.45, 2.75) is 25.7 Å². The highest BCUT2D eigenvalue weighted by Crippen LogP contribution is 2.54. The summed E-state index contributed by atoms with van der Waals surface area (Å²) in [6.45, 7) is 9.02. The number of benzene rings is 1. The first-order valence-corrected chi connectivity index (χ1v) is 6.15. The van der Waals surface area contributed by atoms with Crippen LogP contribution in [0.25, 0.3) is 4.85 Å². The first kappa shape index (κ1) is 10.6. The van der Waals surface area contributed by atoms with E-state index in [1.54, 1.807) is 6.07 Å². The molecule has 2 nitrogen and oxygen atoms in total. The summed E-state index contributed by atoms with van der Waals surface area (Å²) in [6, 6.07) is 4.92. The number of nitrogens with zero attached hydrogens (tertiary/aromatic N) is 2. The van der Waals surface area contributed by atoms with Crippen LogP contribution in [0.3, 0.4) is 0 Å². The highest BCUT2D eigenvalue weighted by Gasteiger charge is 2.44. The zero-order chi connectivity index (χ0) is 11.9. The smallest absolute Gasteiger partial charge is 0.244 e. The van der Waals surface area contributed by atoms with Gasteiger partial charge in [-0.15, -0.1) is 0 Å². The normalized spacial score (nSPS) is 21.3. The quantitative estimate of drug-likeness (QED) is 0.667. The topological polar surface area (TPSA) is 7.60 Å². The Morgan fingerprint density at radius 1 is 1.18 bits per heavy atom. The lowest BCUT2D eigenvalue weighted by Crippen LogP contribution is -2.34. The van der Waals surface area contributed by atoms with Crippen molar-refractivity contribution in [2.24, 2.45) is 5.41 Å². The van der Waals surface area contributed by atoms with E-state index in [0.717, 1.165) is 18.8 Å². The molecule has 0 bridgehead atoms. The molecule has 1 saturated heterocycles. The van der Waals surface area contributed by atoms with Crippen molar-refractivity contribution in [2.75, 3.05) is 18.0 Å². The molecule has 3 heteroatoms. The minimum atomic E-state index is -0.399. The van der Waals surface area contributed by atoms with Crippen LogP contribution in [-0.2, 0) is 0 Å². The van der Waals surface area contributed by atoms with Gasteiger partial charge in [0.2, 0.25) is 5.69 Å². The van der Waals surface area contributed by atoms with E-state index in [1.807, 2.05) is 6.07 Å². The summed E-state index contributed by atoms with van der Waals surface area (Å²) in [6.07, 6.45) is 5.11. The zero-order valence-corrected chi connectivity index (χ0v) is 9.75. The molecule has 0 amide bonds. The first-order valence-electron chi connectivity index (χ1n) is 6.15. The predicted octanol–water partition coefficient (Wildman–Crippen LogP) is 3.76. The van der Waals surface area contributed by atoms with Crippen molar-refractivity contribution in [1.82, 2.24) is 0 Å². The molecule has 2 aliphatic rings. The van der Waals surface area contributed by atoms with E-state index >= 15 is 0 Å². The lowest BCUT2D eigenvalue weighted by molar-refractivity contribution is 0.384. The molecule has 0 radical (unpaired) electrons. The maximum atomic E-state index is 13.5. The molecule has 1 aliphatic carbocycles. The molecule has 2 fully saturated rings. The van der Waals surface area contributed by atoms with E-state index in [1.165, 1.54) is 31.7 Å². The molecular weight excluding hydrogens is 215 g/mol. The minimum absolute atomic E-state index is 0.180. The number of hydrogen-bond donors (Lipinski definition) is 0. The Labute approximate surface area is 101 Å². The van der Waals surface area contributed by atoms with Gasteiger partial charge < -0.3 is 4.90 Å². The second-order valence-electron chi connectivity index (χ2n) is 5.21. The molecule has 1 aromatic carbocycles. The number of hydrogen-bond acceptors (Lipinski definition) is 1. The lowest BCUT2D eigenvalue weighted by atomic mass is 9.93. The van der Waals surface area contributed by atoms with Crippen LogP contribution >= 0.6 is 0 Å². The predicted molar refractivity (Wildman–Crippen MR) is 65.8 cm³/mol. The highest BCUT2D eigenvalue weighted by atomic mass is 19.1. The largest absolute Gasteiger partial charge is 0.380 e. The van der Waals surface area contributed by atoms with E-state index in [-0.39, 0.29) is 5.69 Å². The minimum Gasteiger partial charge on any atom is -0.380 e. The van der Waals surface area contributed by atoms with Gasteiger partial charge in [-0.25, -0.2) is 9.24 Å². The molecule has 17 heavy (non-hydrogen) atoms. The Morgan fingerprint density at radius 2 is 1.88 bits per heavy atom. The fourth-order valence-corrected chi connectivity index (χ4v) is 2.77. The molecule has 88 valence electrons. The van der Waals surface area contributed by atoms with Gasteiger partial charge in [0.15, 0.2) is 0 Å². The summed E-state index contributed by atoms with van der Waals surface area (Å²) in [5, 5.41) is 0. The molecule has 0 N–H and O–H groups in total. The van der Waals surface area contributed by atoms with Gasteiger partial charge in [0.25, 0.3) is 0 Å². The van der Waals surface area contributed by atoms with E-state index < -0.39 is 5.82 Å². The van der Waals surface area contributed by atoms with Crippen LogP contribution in [-0.4, -0.2) is 13.1 Å². The summed E-state index contributed by atoms with van der Waals surface area (Å²) in [5.41, 5.74) is 1.57. The van der Waals surface area contributed by atoms with Gasteiger partial charge in [-0.2, -0.15) is 0 Å². The van der Waals surface area contributed by atoms with Crippen LogP contribution in [0.4, 0.5) is 15.8 Å². The standard InChI is InChI=1S/C14H15FN2/c1-16-13-11(15)3-2-4-12(13)17-9-7-14(5-6-14)8-10-17/h2-4H,5-10H2. The molecular formula is C14H15FN2. The number of anilines is 1. The molecule has 3 rings (SSSR count). The molecule has 0 unspecified atom stereocenters. The Kier molecular flexibility index (Phi) is 2.32. The molecule has 1 heterocycles. The average molecular weight is 230 g/mol. The summed E-state index contributed by atoms with van der Waals surface area (Å²) < 4.78 is 13.5. The van der Waals surface area contributed by atoms with Gasteiger partial charge in [-0.1, -0.05) is 6.07 Å². The SMILES string of the molecule is [C-]#[N+]c1c(F)cccc1N1CCC2(CC1)CC2. The van der Waals surface area contributed by atoms with Crippen LogP contribution in [0.5, 0.6) is 0 Å². The third-order valence-electron chi connectivity index (χ3n) is 4.20. The Morgan fingerprint density at radius 3 is 2.47 bits per heavy atom. The van der Waals surface area contributed by atoms with Crippen molar-refractivity contribution in [3.63, 3.8) is 0 Å². The maximum Gasteiger partial charge on any atom is 0.244 e. The van der Waals surface area contributed by atoms with E-state index in [9.17, 15) is 4.39 Å². The Balaban J connectivity index is 1.85. The van der Waals surface area contributed by atoms with Crippen LogP contribution in [0.15, 0.2) is 18.2 Å². The highest BCUT2D eigenvalue weighted by molar-refractivity contribution is 5.71. The van der Waals surface area contributed by atoms with Crippen molar-refractivity contribution >= 4 is 11.4 Å². The Hall–Kier alpha value is -1.56. The fraction of sp³-hybridized carbons (Fsp3) is 0.500. The van der Waals surface area contributed by atoms with E-state index in [4.69, 9.17) is 6.57 Å². The summed E-state index contributed by atoms with van der Waals surface area (Å²) in [7, 11) is 0. The number of piperidine rings is 1. The average Bonchev–Trinajstić information content (AvgIpc) is 3.10. The third-order valence-corrected chi connectivity index (χ3v) is 4.20. The van der Waals surface area contributed by atoms with Crippen LogP contribution in [0, 0.1) is 17.8 Å². The Bertz CT molecular complexity index is 475. The monoisotopic (exact) mass is 230 g/mol. The zero-order valence-electron chi connectivity index (χ0n) is 9.75. The van der Waals surface area contributed by atoms with Gasteiger partial charge in [0.05, 0.1) is 6.57 Å². The molecule has 1 spiro atoms. The van der Waals surface area contributed by atoms with E-state index in [2.05, 4.69) is 9.74 Å². The number of rotatable bonds is 1. The summed E-state index contributed by atoms with van der Waals surface area (Å²) in [5.74, 6) is -0.399. The van der Waals surface area contributed by atoms with Crippen molar-refractivity contribution in [3.8, 4) is 0 Å². The third kappa shape index (κ3) is 1.78. The molecule has 1 aromatic rings. The van der Waals surface area contributed by atoms with Crippen molar-refractivity contribution < 1.29 is 4.39 Å². The maximum absolute atomic E-state index is 13.5. The van der Waals surface area contributed by atoms with Gasteiger partial charge in [0.1, 0.15) is 5.82 Å². The second kappa shape index (κ2) is 3.73. The van der Waals surface area contributed by atoms with Gasteiger partial charge in [-0.05, 0) is 43.2 Å². The van der Waals surface area contributed by atoms with Crippen LogP contribution in [0.1, 0.15) is 25.7 Å². The first-order chi connectivity index (χ1) is 8.24. The molecule has 0 atom stereocenters. The molecule has 1 aliphatic heterocycles. The summed E-state index contributed by atoms with van der Waals surface area (Å²) in [4.78, 5) is 5.50. The van der Waals surface area contributed by atoms with E-state index in [0.29, 0.717) is 5.41 Å². The molecule has 0 aromatic heterocycles. The van der Waals surface area contributed by atoms with Gasteiger partial charge in [0, 0.05) is 18.8 Å². The van der Waals surface area contributed by atoms with Crippen LogP contribution < -0.4 is 4.90 Å². The lowest BCUT2D eigenvalue weighted by Gasteiger charge is -2.34. The van der Waals surface area contributed by atoms with Crippen molar-refractivity contribution in [3.05, 3.63) is 35.4 Å². The number of para-hydroxylation sites is 1. The van der Waals surface area contributed by atoms with Crippen molar-refractivity contribution in [1.29, 1.82) is 0 Å². The number of halogens is 1. The van der Waals surface area contributed by atoms with Crippen LogP contribution in [0.2, 0.25) is 0 Å². The fourth-order valence-electron chi connectivity index (χ4n) is 2.77.